The van der Waals surface area contributed by atoms with Crippen LogP contribution in [0.5, 0.6) is 5.75 Å². The molecule has 0 amide bonds. The third-order valence-corrected chi connectivity index (χ3v) is 15.5. The molecule has 0 N–H and O–H groups in total. The molecule has 7 aromatic rings. The minimum atomic E-state index is -1.68. The van der Waals surface area contributed by atoms with Gasteiger partial charge in [0.1, 0.15) is 17.0 Å². The quantitative estimate of drug-likeness (QED) is 0.164. The number of para-hydroxylation sites is 1. The Bertz CT molecular complexity index is 3670. The zero-order valence-electron chi connectivity index (χ0n) is 49.0. The Morgan fingerprint density at radius 3 is 1.94 bits per heavy atom. The van der Waals surface area contributed by atoms with Gasteiger partial charge in [-0.3, -0.25) is 4.90 Å². The summed E-state index contributed by atoms with van der Waals surface area (Å²) >= 11 is 0. The van der Waals surface area contributed by atoms with Gasteiger partial charge in [-0.2, -0.15) is 9.13 Å². The first-order chi connectivity index (χ1) is 34.3. The molecule has 0 radical (unpaired) electrons. The van der Waals surface area contributed by atoms with Crippen molar-refractivity contribution in [3.63, 3.8) is 0 Å². The zero-order chi connectivity index (χ0) is 53.6. The maximum atomic E-state index is 10.5. The predicted octanol–water partition coefficient (Wildman–Crippen LogP) is 15.8. The second kappa shape index (κ2) is 14.0. The number of imidazole rings is 1. The van der Waals surface area contributed by atoms with Gasteiger partial charge in [-0.25, -0.2) is 0 Å². The van der Waals surface area contributed by atoms with E-state index in [4.69, 9.17) is 7.48 Å². The summed E-state index contributed by atoms with van der Waals surface area (Å²) in [5.74, 6) is -0.193. The van der Waals surface area contributed by atoms with Crippen molar-refractivity contribution in [2.45, 2.75) is 137 Å². The molecule has 4 aliphatic rings. The Kier molecular flexibility index (Phi) is 7.50. The van der Waals surface area contributed by atoms with Crippen LogP contribution in [0.25, 0.3) is 55.9 Å². The van der Waals surface area contributed by atoms with Gasteiger partial charge in [0.15, 0.2) is 11.0 Å². The van der Waals surface area contributed by atoms with Crippen LogP contribution < -0.4 is 9.30 Å². The monoisotopic (exact) mass is 890 g/mol. The van der Waals surface area contributed by atoms with Crippen LogP contribution in [0, 0.1) is 12.3 Å². The summed E-state index contributed by atoms with van der Waals surface area (Å²) in [6.45, 7) is 32.9. The Labute approximate surface area is 409 Å². The highest BCUT2D eigenvalue weighted by atomic mass is 16.5. The number of ether oxygens (including phenoxy) is 1. The fourth-order valence-electron chi connectivity index (χ4n) is 10.6. The highest BCUT2D eigenvalue weighted by Gasteiger charge is 2.66. The first-order valence-electron chi connectivity index (χ1n) is 27.5. The molecule has 5 heterocycles. The number of hydrogen-bond acceptors (Lipinski definition) is 2. The van der Waals surface area contributed by atoms with Crippen LogP contribution in [0.2, 0.25) is 0 Å². The number of aromatic nitrogens is 2. The molecule has 1 aromatic heterocycles. The molecular formula is C63H68N3O+. The third-order valence-electron chi connectivity index (χ3n) is 15.5. The van der Waals surface area contributed by atoms with E-state index in [2.05, 4.69) is 197 Å². The molecule has 0 bridgehead atoms. The molecule has 4 aliphatic heterocycles. The summed E-state index contributed by atoms with van der Waals surface area (Å²) in [5.41, 5.74) is 12.1. The number of nitrogens with zero attached hydrogens (tertiary/aromatic N) is 3. The maximum absolute atomic E-state index is 10.5. The van der Waals surface area contributed by atoms with E-state index in [1.54, 1.807) is 6.92 Å². The van der Waals surface area contributed by atoms with Crippen LogP contribution in [0.4, 0.5) is 0 Å². The highest BCUT2D eigenvalue weighted by molar-refractivity contribution is 5.97. The zero-order valence-corrected chi connectivity index (χ0v) is 42.0. The molecule has 11 rings (SSSR count). The molecule has 6 aromatic carbocycles. The van der Waals surface area contributed by atoms with Crippen LogP contribution in [0.15, 0.2) is 133 Å². The van der Waals surface area contributed by atoms with Crippen molar-refractivity contribution in [1.29, 1.82) is 0 Å². The van der Waals surface area contributed by atoms with Crippen molar-refractivity contribution < 1.29 is 18.9 Å². The average Bonchev–Trinajstić information content (AvgIpc) is 3.84. The minimum absolute atomic E-state index is 0.0658. The smallest absolute Gasteiger partial charge is 0.368 e. The molecule has 0 saturated carbocycles. The molecule has 340 valence electrons. The lowest BCUT2D eigenvalue weighted by molar-refractivity contribution is -0.784. The maximum Gasteiger partial charge on any atom is 0.368 e. The highest BCUT2D eigenvalue weighted by Crippen LogP contribution is 2.61. The summed E-state index contributed by atoms with van der Waals surface area (Å²) in [6, 6.07) is 30.3. The molecule has 0 aliphatic carbocycles. The van der Waals surface area contributed by atoms with Gasteiger partial charge in [-0.15, -0.1) is 0 Å². The van der Waals surface area contributed by atoms with Crippen LogP contribution >= 0.6 is 0 Å². The van der Waals surface area contributed by atoms with E-state index in [0.29, 0.717) is 5.75 Å². The van der Waals surface area contributed by atoms with Gasteiger partial charge in [-0.1, -0.05) is 181 Å². The summed E-state index contributed by atoms with van der Waals surface area (Å²) in [5, 5.41) is 0. The summed E-state index contributed by atoms with van der Waals surface area (Å²) < 4.78 is 79.9. The summed E-state index contributed by atoms with van der Waals surface area (Å²) in [4.78, 5) is 1.82. The third kappa shape index (κ3) is 6.20. The summed E-state index contributed by atoms with van der Waals surface area (Å²) in [7, 11) is 0. The Balaban J connectivity index is 1.37. The number of hydrogen-bond donors (Lipinski definition) is 0. The molecule has 0 saturated heterocycles. The Morgan fingerprint density at radius 2 is 1.28 bits per heavy atom. The van der Waals surface area contributed by atoms with E-state index in [9.17, 15) is 6.85 Å². The van der Waals surface area contributed by atoms with E-state index in [-0.39, 0.29) is 80.8 Å². The molecule has 1 spiro atoms. The van der Waals surface area contributed by atoms with Crippen molar-refractivity contribution in [3.8, 4) is 45.1 Å². The van der Waals surface area contributed by atoms with Crippen molar-refractivity contribution in [1.82, 2.24) is 9.47 Å². The van der Waals surface area contributed by atoms with Gasteiger partial charge in [0.25, 0.3) is 0 Å². The van der Waals surface area contributed by atoms with Gasteiger partial charge >= 0.3 is 11.7 Å². The Morgan fingerprint density at radius 1 is 0.627 bits per heavy atom. The lowest BCUT2D eigenvalue weighted by atomic mass is 9.65. The lowest BCUT2D eigenvalue weighted by Gasteiger charge is -2.44. The molecule has 4 nitrogen and oxygen atoms in total. The van der Waals surface area contributed by atoms with Gasteiger partial charge in [0.2, 0.25) is 0 Å². The Hall–Kier alpha value is -6.13. The molecule has 67 heavy (non-hydrogen) atoms. The largest absolute Gasteiger partial charge is 0.427 e. The number of rotatable bonds is 4. The normalized spacial score (nSPS) is 20.3. The lowest BCUT2D eigenvalue weighted by Crippen LogP contribution is -2.70. The average molecular weight is 890 g/mol. The van der Waals surface area contributed by atoms with E-state index in [1.165, 1.54) is 5.56 Å². The van der Waals surface area contributed by atoms with Crippen molar-refractivity contribution in [2.75, 3.05) is 0 Å². The van der Waals surface area contributed by atoms with Crippen LogP contribution in [-0.4, -0.2) is 9.47 Å². The van der Waals surface area contributed by atoms with Crippen molar-refractivity contribution >= 4 is 16.6 Å². The van der Waals surface area contributed by atoms with Gasteiger partial charge in [0.05, 0.1) is 21.2 Å². The van der Waals surface area contributed by atoms with Crippen LogP contribution in [0.3, 0.4) is 0 Å². The second-order valence-electron chi connectivity index (χ2n) is 24.0. The number of benzene rings is 6. The van der Waals surface area contributed by atoms with E-state index < -0.39 is 17.3 Å². The van der Waals surface area contributed by atoms with Gasteiger partial charge in [0, 0.05) is 28.4 Å². The topological polar surface area (TPSA) is 21.3 Å². The molecular weight excluding hydrogens is 815 g/mol. The number of fused-ring (bicyclic) bond motifs is 5. The van der Waals surface area contributed by atoms with Gasteiger partial charge < -0.3 is 4.74 Å². The predicted molar refractivity (Wildman–Crippen MR) is 279 cm³/mol. The fraction of sp³-hybridized carbons (Fsp3) is 0.349. The summed E-state index contributed by atoms with van der Waals surface area (Å²) in [6.07, 6.45) is -0.248. The standard InChI is InChI=1S/C63H68N3O/c1-38-24-26-39(27-25-38)41-30-31-64-53(32-41)48-35-43(58(2,3)4)34-47-45-22-19-23-52-55(45)66-57(49-36-44(59(5,6)7)37-50(60(8,9)10)56(49)67-63(64,66)54(47)48)65(52)51-29-28-42(62(14,15)61(11,12)13)33-46(51)40-20-17-16-18-21-40/h16-37,53H,1-15H3/q+1/i24D,25D,26D,27D,30D,31D,32D. The molecule has 2 unspecified atom stereocenters. The van der Waals surface area contributed by atoms with E-state index in [0.717, 1.165) is 78.2 Å². The first kappa shape index (κ1) is 36.0. The SMILES string of the molecule is [2H]C1=C([2H])N2C(C([2H])=C1c1c([2H])c([2H])c(C)c([2H])c1[2H])c1cc(C(C)(C)C)cc3c1C21Oc2c(cc(C(C)(C)C)cc2C(C)(C)C)-c2n(-c4ccc(C(C)(C)C(C)(C)C)cc4-c4ccccc4)c4cccc-3c4[n+]21. The van der Waals surface area contributed by atoms with E-state index in [1.807, 2.05) is 4.90 Å². The van der Waals surface area contributed by atoms with Crippen molar-refractivity contribution in [3.05, 3.63) is 178 Å². The van der Waals surface area contributed by atoms with Crippen LogP contribution in [-0.2, 0) is 27.5 Å². The first-order valence-corrected chi connectivity index (χ1v) is 24.0. The second-order valence-corrected chi connectivity index (χ2v) is 24.0. The van der Waals surface area contributed by atoms with Crippen molar-refractivity contribution in [2.24, 2.45) is 5.41 Å². The minimum Gasteiger partial charge on any atom is -0.427 e. The van der Waals surface area contributed by atoms with Crippen LogP contribution in [0.1, 0.15) is 157 Å². The molecule has 2 atom stereocenters. The molecule has 4 heteroatoms. The van der Waals surface area contributed by atoms with E-state index >= 15 is 0 Å². The number of allylic oxidation sites excluding steroid dienone is 2. The van der Waals surface area contributed by atoms with Gasteiger partial charge in [-0.05, 0) is 121 Å². The molecule has 0 fully saturated rings. The fourth-order valence-corrected chi connectivity index (χ4v) is 10.6.